The molecule has 1 fully saturated rings. The molecule has 1 aromatic carbocycles. The average molecular weight is 471 g/mol. The number of likely N-dealkylation sites (N-methyl/N-ethyl adjacent to an activating group) is 1. The number of nitro groups is 1. The van der Waals surface area contributed by atoms with Gasteiger partial charge in [-0.2, -0.15) is 0 Å². The van der Waals surface area contributed by atoms with Gasteiger partial charge in [0.05, 0.1) is 24.7 Å². The van der Waals surface area contributed by atoms with E-state index in [0.717, 1.165) is 11.3 Å². The summed E-state index contributed by atoms with van der Waals surface area (Å²) in [7, 11) is 0.907. The Morgan fingerprint density at radius 2 is 1.94 bits per heavy atom. The Morgan fingerprint density at radius 3 is 2.53 bits per heavy atom. The Kier molecular flexibility index (Phi) is 7.26. The van der Waals surface area contributed by atoms with Crippen LogP contribution in [0.2, 0.25) is 0 Å². The van der Waals surface area contributed by atoms with Crippen LogP contribution in [0.25, 0.3) is 0 Å². The van der Waals surface area contributed by atoms with Crippen molar-refractivity contribution in [2.45, 2.75) is 38.1 Å². The van der Waals surface area contributed by atoms with E-state index in [-0.39, 0.29) is 41.9 Å². The summed E-state index contributed by atoms with van der Waals surface area (Å²) in [5, 5.41) is 11.7. The predicted molar refractivity (Wildman–Crippen MR) is 124 cm³/mol. The van der Waals surface area contributed by atoms with Crippen molar-refractivity contribution >= 4 is 21.8 Å². The summed E-state index contributed by atoms with van der Waals surface area (Å²) in [6.07, 6.45) is 6.11. The average Bonchev–Trinajstić information content (AvgIpc) is 2.99. The van der Waals surface area contributed by atoms with Gasteiger partial charge in [0.1, 0.15) is 18.0 Å². The van der Waals surface area contributed by atoms with Crippen LogP contribution in [0.5, 0.6) is 5.75 Å². The molecule has 32 heavy (non-hydrogen) atoms. The van der Waals surface area contributed by atoms with E-state index in [1.54, 1.807) is 19.2 Å². The van der Waals surface area contributed by atoms with Gasteiger partial charge >= 0.3 is 6.09 Å². The maximum Gasteiger partial charge on any atom is 0.409 e. The lowest BCUT2D eigenvalue weighted by atomic mass is 9.94. The van der Waals surface area contributed by atoms with Gasteiger partial charge in [-0.15, -0.1) is 0 Å². The van der Waals surface area contributed by atoms with Crippen molar-refractivity contribution in [2.24, 2.45) is 0 Å². The van der Waals surface area contributed by atoms with Gasteiger partial charge in [0, 0.05) is 42.3 Å². The lowest BCUT2D eigenvalue weighted by molar-refractivity contribution is -0.386. The van der Waals surface area contributed by atoms with Crippen LogP contribution in [0.1, 0.15) is 30.9 Å². The van der Waals surface area contributed by atoms with Crippen LogP contribution in [0.4, 0.5) is 10.5 Å². The van der Waals surface area contributed by atoms with Gasteiger partial charge in [0.15, 0.2) is 6.29 Å². The quantitative estimate of drug-likeness (QED) is 0.444. The molecule has 0 spiro atoms. The van der Waals surface area contributed by atoms with E-state index in [1.165, 1.54) is 4.90 Å². The monoisotopic (exact) mass is 470 g/mol. The molecule has 9 nitrogen and oxygen atoms in total. The summed E-state index contributed by atoms with van der Waals surface area (Å²) in [4.78, 5) is 24.9. The van der Waals surface area contributed by atoms with Crippen LogP contribution < -0.4 is 4.74 Å². The SMILES string of the molecule is CN(C[C@H]1OC[C@H](c2cc3c(cc2[N+](=O)[O-])CC(C)(C)O3)CO1)C(=O)OCCS(C)(C)C. The van der Waals surface area contributed by atoms with Crippen molar-refractivity contribution < 1.29 is 28.7 Å². The van der Waals surface area contributed by atoms with Crippen LogP contribution in [0.15, 0.2) is 12.1 Å². The highest BCUT2D eigenvalue weighted by molar-refractivity contribution is 8.32. The molecule has 0 unspecified atom stereocenters. The molecular formula is C22H34N2O7S. The maximum absolute atomic E-state index is 12.2. The second-order valence-electron chi connectivity index (χ2n) is 9.90. The van der Waals surface area contributed by atoms with Crippen molar-refractivity contribution in [3.63, 3.8) is 0 Å². The van der Waals surface area contributed by atoms with Gasteiger partial charge in [0.2, 0.25) is 0 Å². The Hall–Kier alpha value is -2.04. The Labute approximate surface area is 190 Å². The number of nitrogens with zero attached hydrogens (tertiary/aromatic N) is 2. The zero-order chi connectivity index (χ0) is 23.7. The molecule has 2 aliphatic rings. The molecular weight excluding hydrogens is 436 g/mol. The predicted octanol–water partition coefficient (Wildman–Crippen LogP) is 3.53. The van der Waals surface area contributed by atoms with Gasteiger partial charge in [-0.05, 0) is 38.7 Å². The first-order valence-electron chi connectivity index (χ1n) is 10.6. The summed E-state index contributed by atoms with van der Waals surface area (Å²) in [5.74, 6) is 1.24. The van der Waals surface area contributed by atoms with E-state index in [4.69, 9.17) is 18.9 Å². The lowest BCUT2D eigenvalue weighted by Crippen LogP contribution is -2.41. The number of amides is 1. The first-order chi connectivity index (χ1) is 14.8. The molecule has 10 heteroatoms. The van der Waals surface area contributed by atoms with E-state index in [1.807, 2.05) is 13.8 Å². The van der Waals surface area contributed by atoms with Crippen LogP contribution in [-0.4, -0.2) is 85.7 Å². The molecule has 0 aromatic heterocycles. The van der Waals surface area contributed by atoms with Gasteiger partial charge in [-0.1, -0.05) is 0 Å². The highest BCUT2D eigenvalue weighted by Crippen LogP contribution is 2.42. The van der Waals surface area contributed by atoms with Crippen LogP contribution in [-0.2, 0) is 20.6 Å². The van der Waals surface area contributed by atoms with Gasteiger partial charge in [-0.3, -0.25) is 10.1 Å². The van der Waals surface area contributed by atoms with Crippen LogP contribution in [0, 0.1) is 10.1 Å². The summed E-state index contributed by atoms with van der Waals surface area (Å²) in [6, 6.07) is 3.36. The third kappa shape index (κ3) is 6.26. The normalized spacial score (nSPS) is 22.6. The van der Waals surface area contributed by atoms with E-state index in [9.17, 15) is 14.9 Å². The van der Waals surface area contributed by atoms with E-state index < -0.39 is 22.4 Å². The molecule has 2 aliphatic heterocycles. The van der Waals surface area contributed by atoms with Crippen molar-refractivity contribution in [1.82, 2.24) is 4.90 Å². The third-order valence-corrected chi connectivity index (χ3v) is 6.86. The van der Waals surface area contributed by atoms with Gasteiger partial charge in [-0.25, -0.2) is 14.8 Å². The fraction of sp³-hybridized carbons (Fsp3) is 0.682. The summed E-state index contributed by atoms with van der Waals surface area (Å²) in [5.41, 5.74) is 1.06. The fourth-order valence-corrected chi connectivity index (χ4v) is 4.34. The Morgan fingerprint density at radius 1 is 1.28 bits per heavy atom. The number of hydrogen-bond acceptors (Lipinski definition) is 7. The second kappa shape index (κ2) is 9.44. The second-order valence-corrected chi connectivity index (χ2v) is 14.5. The third-order valence-electron chi connectivity index (χ3n) is 5.47. The van der Waals surface area contributed by atoms with Crippen molar-refractivity contribution in [3.8, 4) is 5.75 Å². The van der Waals surface area contributed by atoms with Crippen molar-refractivity contribution in [1.29, 1.82) is 0 Å². The number of carbonyl (C=O) groups excluding carboxylic acids is 1. The number of fused-ring (bicyclic) bond motifs is 1. The highest BCUT2D eigenvalue weighted by atomic mass is 32.3. The molecule has 3 rings (SSSR count). The number of nitro benzene ring substituents is 1. The number of ether oxygens (including phenoxy) is 4. The maximum atomic E-state index is 12.2. The smallest absolute Gasteiger partial charge is 0.409 e. The minimum Gasteiger partial charge on any atom is -0.487 e. The molecule has 0 bridgehead atoms. The minimum absolute atomic E-state index is 0.0578. The molecule has 180 valence electrons. The molecule has 0 N–H and O–H groups in total. The fourth-order valence-electron chi connectivity index (χ4n) is 3.75. The first kappa shape index (κ1) is 24.6. The Balaban J connectivity index is 1.57. The van der Waals surface area contributed by atoms with Gasteiger partial charge in [0.25, 0.3) is 5.69 Å². The summed E-state index contributed by atoms with van der Waals surface area (Å²) < 4.78 is 22.9. The largest absolute Gasteiger partial charge is 0.487 e. The molecule has 0 saturated carbocycles. The lowest BCUT2D eigenvalue weighted by Gasteiger charge is -2.32. The van der Waals surface area contributed by atoms with E-state index in [0.29, 0.717) is 24.3 Å². The minimum atomic E-state index is -0.727. The standard InChI is InChI=1S/C22H34N2O7S/c1-22(2)11-15-9-18(24(26)27)17(10-19(15)31-22)16-13-29-20(30-14-16)12-23(3)21(25)28-7-8-32(4,5)6/h9-10,16,20H,7-8,11-14H2,1-6H3/t16-,20-. The number of carbonyl (C=O) groups is 1. The summed E-state index contributed by atoms with van der Waals surface area (Å²) in [6.45, 7) is 5.03. The van der Waals surface area contributed by atoms with Crippen molar-refractivity contribution in [2.75, 3.05) is 57.9 Å². The number of benzene rings is 1. The van der Waals surface area contributed by atoms with Crippen LogP contribution in [0.3, 0.4) is 0 Å². The molecule has 0 radical (unpaired) electrons. The molecule has 1 amide bonds. The molecule has 0 aliphatic carbocycles. The van der Waals surface area contributed by atoms with E-state index >= 15 is 0 Å². The zero-order valence-electron chi connectivity index (χ0n) is 19.7. The number of hydrogen-bond donors (Lipinski definition) is 0. The Bertz CT molecular complexity index is 861. The zero-order valence-corrected chi connectivity index (χ0v) is 20.5. The summed E-state index contributed by atoms with van der Waals surface area (Å²) >= 11 is 0. The molecule has 1 saturated heterocycles. The topological polar surface area (TPSA) is 100 Å². The molecule has 2 heterocycles. The number of rotatable bonds is 7. The molecule has 0 atom stereocenters. The van der Waals surface area contributed by atoms with E-state index in [2.05, 4.69) is 18.8 Å². The van der Waals surface area contributed by atoms with Crippen molar-refractivity contribution in [3.05, 3.63) is 33.4 Å². The molecule has 1 aromatic rings. The van der Waals surface area contributed by atoms with Crippen LogP contribution >= 0.6 is 10.0 Å². The first-order valence-corrected chi connectivity index (χ1v) is 13.6. The van der Waals surface area contributed by atoms with Gasteiger partial charge < -0.3 is 23.8 Å². The highest BCUT2D eigenvalue weighted by Gasteiger charge is 2.36.